The largest absolute Gasteiger partial charge is 0.481 e. The van der Waals surface area contributed by atoms with Crippen LogP contribution in [0.25, 0.3) is 5.57 Å². The minimum absolute atomic E-state index is 0.317. The average Bonchev–Trinajstić information content (AvgIpc) is 2.47. The molecular weight excluding hydrogens is 272 g/mol. The van der Waals surface area contributed by atoms with Gasteiger partial charge in [-0.05, 0) is 35.0 Å². The lowest BCUT2D eigenvalue weighted by Crippen LogP contribution is -2.41. The first-order valence-electron chi connectivity index (χ1n) is 8.02. The molecule has 1 unspecified atom stereocenters. The molecule has 0 saturated heterocycles. The van der Waals surface area contributed by atoms with Crippen LogP contribution in [0.15, 0.2) is 42.5 Å². The zero-order valence-corrected chi connectivity index (χ0v) is 14.0. The molecule has 0 saturated carbocycles. The fraction of sp³-hybridized carbons (Fsp3) is 0.450. The van der Waals surface area contributed by atoms with E-state index in [0.717, 1.165) is 24.0 Å². The van der Waals surface area contributed by atoms with E-state index in [4.69, 9.17) is 0 Å². The molecule has 0 aromatic heterocycles. The molecule has 1 aliphatic carbocycles. The third-order valence-corrected chi connectivity index (χ3v) is 4.74. The Hall–Kier alpha value is -1.83. The van der Waals surface area contributed by atoms with E-state index in [-0.39, 0.29) is 5.41 Å². The maximum absolute atomic E-state index is 11.8. The fourth-order valence-electron chi connectivity index (χ4n) is 3.04. The van der Waals surface area contributed by atoms with Crippen LogP contribution in [-0.4, -0.2) is 11.1 Å². The van der Waals surface area contributed by atoms with Crippen LogP contribution < -0.4 is 0 Å². The van der Waals surface area contributed by atoms with Crippen molar-refractivity contribution in [2.75, 3.05) is 0 Å². The van der Waals surface area contributed by atoms with Crippen LogP contribution in [0.2, 0.25) is 0 Å². The highest BCUT2D eigenvalue weighted by Gasteiger charge is 2.46. The summed E-state index contributed by atoms with van der Waals surface area (Å²) in [5, 5.41) is 9.70. The Balaban J connectivity index is 2.25. The lowest BCUT2D eigenvalue weighted by atomic mass is 9.62. The predicted octanol–water partition coefficient (Wildman–Crippen LogP) is 5.10. The lowest BCUT2D eigenvalue weighted by Gasteiger charge is -2.40. The highest BCUT2D eigenvalue weighted by molar-refractivity contribution is 5.84. The van der Waals surface area contributed by atoms with E-state index in [1.807, 2.05) is 32.9 Å². The van der Waals surface area contributed by atoms with Crippen LogP contribution >= 0.6 is 0 Å². The van der Waals surface area contributed by atoms with Gasteiger partial charge in [-0.25, -0.2) is 0 Å². The van der Waals surface area contributed by atoms with Crippen molar-refractivity contribution in [3.8, 4) is 0 Å². The molecule has 2 heteroatoms. The van der Waals surface area contributed by atoms with Gasteiger partial charge >= 0.3 is 5.97 Å². The average molecular weight is 298 g/mol. The summed E-state index contributed by atoms with van der Waals surface area (Å²) in [5.41, 5.74) is 2.48. The van der Waals surface area contributed by atoms with Crippen molar-refractivity contribution in [3.63, 3.8) is 0 Å². The first-order valence-corrected chi connectivity index (χ1v) is 8.02. The molecule has 0 amide bonds. The van der Waals surface area contributed by atoms with Crippen molar-refractivity contribution < 1.29 is 9.90 Å². The molecule has 1 aromatic rings. The molecular formula is C20H26O2. The summed E-state index contributed by atoms with van der Waals surface area (Å²) in [5.74, 6) is -0.746. The summed E-state index contributed by atoms with van der Waals surface area (Å²) in [7, 11) is 0. The van der Waals surface area contributed by atoms with Gasteiger partial charge in [0.15, 0.2) is 0 Å². The van der Waals surface area contributed by atoms with E-state index < -0.39 is 11.4 Å². The number of hydrogen-bond acceptors (Lipinski definition) is 1. The van der Waals surface area contributed by atoms with Crippen molar-refractivity contribution in [3.05, 3.63) is 53.6 Å². The summed E-state index contributed by atoms with van der Waals surface area (Å²) < 4.78 is 0. The van der Waals surface area contributed by atoms with Crippen molar-refractivity contribution in [1.82, 2.24) is 0 Å². The molecule has 0 bridgehead atoms. The molecule has 0 heterocycles. The van der Waals surface area contributed by atoms with Gasteiger partial charge in [-0.15, -0.1) is 0 Å². The van der Waals surface area contributed by atoms with Crippen LogP contribution in [-0.2, 0) is 11.2 Å². The van der Waals surface area contributed by atoms with Crippen molar-refractivity contribution in [2.24, 2.45) is 10.8 Å². The molecule has 22 heavy (non-hydrogen) atoms. The second-order valence-electron chi connectivity index (χ2n) is 7.17. The highest BCUT2D eigenvalue weighted by atomic mass is 16.4. The Labute approximate surface area is 133 Å². The second-order valence-corrected chi connectivity index (χ2v) is 7.17. The number of carboxylic acid groups (broad SMARTS) is 1. The van der Waals surface area contributed by atoms with Gasteiger partial charge in [0.2, 0.25) is 0 Å². The molecule has 0 spiro atoms. The zero-order valence-electron chi connectivity index (χ0n) is 14.0. The molecule has 2 rings (SSSR count). The predicted molar refractivity (Wildman–Crippen MR) is 91.7 cm³/mol. The number of carbonyl (C=O) groups is 1. The molecule has 0 radical (unpaired) electrons. The number of benzene rings is 1. The second kappa shape index (κ2) is 6.12. The van der Waals surface area contributed by atoms with E-state index in [0.29, 0.717) is 6.42 Å². The maximum Gasteiger partial charge on any atom is 0.314 e. The van der Waals surface area contributed by atoms with Gasteiger partial charge in [0.1, 0.15) is 0 Å². The minimum atomic E-state index is -0.821. The summed E-state index contributed by atoms with van der Waals surface area (Å²) in [6.07, 6.45) is 8.70. The minimum Gasteiger partial charge on any atom is -0.481 e. The number of hydrogen-bond donors (Lipinski definition) is 1. The SMILES string of the molecule is CCCc1ccc(C2=CCC(C(=O)O)(C(C)(C)C)C=C2)cc1. The van der Waals surface area contributed by atoms with Gasteiger partial charge in [0, 0.05) is 0 Å². The van der Waals surface area contributed by atoms with Crippen molar-refractivity contribution >= 4 is 11.5 Å². The Bertz CT molecular complexity index is 600. The monoisotopic (exact) mass is 298 g/mol. The summed E-state index contributed by atoms with van der Waals surface area (Å²) in [6, 6.07) is 8.59. The third kappa shape index (κ3) is 3.01. The molecule has 1 N–H and O–H groups in total. The van der Waals surface area contributed by atoms with Crippen LogP contribution in [0.3, 0.4) is 0 Å². The molecule has 118 valence electrons. The van der Waals surface area contributed by atoms with Crippen molar-refractivity contribution in [1.29, 1.82) is 0 Å². The van der Waals surface area contributed by atoms with E-state index >= 15 is 0 Å². The van der Waals surface area contributed by atoms with Crippen LogP contribution in [0, 0.1) is 10.8 Å². The number of aryl methyl sites for hydroxylation is 1. The first kappa shape index (κ1) is 16.5. The summed E-state index contributed by atoms with van der Waals surface area (Å²) in [6.45, 7) is 8.15. The maximum atomic E-state index is 11.8. The van der Waals surface area contributed by atoms with Gasteiger partial charge in [-0.2, -0.15) is 0 Å². The Kier molecular flexibility index (Phi) is 4.60. The molecule has 1 aliphatic rings. The molecule has 1 atom stereocenters. The zero-order chi connectivity index (χ0) is 16.4. The quantitative estimate of drug-likeness (QED) is 0.839. The van der Waals surface area contributed by atoms with E-state index in [9.17, 15) is 9.90 Å². The smallest absolute Gasteiger partial charge is 0.314 e. The third-order valence-electron chi connectivity index (χ3n) is 4.74. The Morgan fingerprint density at radius 2 is 1.86 bits per heavy atom. The fourth-order valence-corrected chi connectivity index (χ4v) is 3.04. The van der Waals surface area contributed by atoms with Crippen LogP contribution in [0.4, 0.5) is 0 Å². The van der Waals surface area contributed by atoms with Crippen molar-refractivity contribution in [2.45, 2.75) is 47.0 Å². The van der Waals surface area contributed by atoms with E-state index in [1.54, 1.807) is 0 Å². The van der Waals surface area contributed by atoms with E-state index in [1.165, 1.54) is 5.56 Å². The number of carboxylic acids is 1. The normalized spacial score (nSPS) is 21.5. The van der Waals surface area contributed by atoms with Crippen LogP contribution in [0.5, 0.6) is 0 Å². The van der Waals surface area contributed by atoms with Gasteiger partial charge in [0.25, 0.3) is 0 Å². The van der Waals surface area contributed by atoms with Gasteiger partial charge < -0.3 is 5.11 Å². The Morgan fingerprint density at radius 1 is 1.23 bits per heavy atom. The van der Waals surface area contributed by atoms with Gasteiger partial charge in [-0.1, -0.05) is 76.6 Å². The number of aliphatic carboxylic acids is 1. The molecule has 2 nitrogen and oxygen atoms in total. The summed E-state index contributed by atoms with van der Waals surface area (Å²) in [4.78, 5) is 11.8. The van der Waals surface area contributed by atoms with E-state index in [2.05, 4.69) is 37.3 Å². The topological polar surface area (TPSA) is 37.3 Å². The standard InChI is InChI=1S/C20H26O2/c1-5-6-15-7-9-16(10-8-15)17-11-13-20(14-12-17,18(21)22)19(2,3)4/h7-13H,5-6,14H2,1-4H3,(H,21,22). The summed E-state index contributed by atoms with van der Waals surface area (Å²) >= 11 is 0. The number of rotatable bonds is 4. The van der Waals surface area contributed by atoms with Crippen LogP contribution in [0.1, 0.15) is 51.7 Å². The first-order chi connectivity index (χ1) is 10.3. The molecule has 1 aromatic carbocycles. The number of allylic oxidation sites excluding steroid dienone is 3. The Morgan fingerprint density at radius 3 is 2.27 bits per heavy atom. The van der Waals surface area contributed by atoms with Gasteiger partial charge in [-0.3, -0.25) is 4.79 Å². The molecule has 0 fully saturated rings. The van der Waals surface area contributed by atoms with Gasteiger partial charge in [0.05, 0.1) is 5.41 Å². The lowest BCUT2D eigenvalue weighted by molar-refractivity contribution is -0.151. The highest BCUT2D eigenvalue weighted by Crippen LogP contribution is 2.46. The molecule has 0 aliphatic heterocycles.